The molecule has 1 amide bonds. The number of nitro benzene ring substituents is 1. The van der Waals surface area contributed by atoms with Crippen LogP contribution in [0.2, 0.25) is 5.02 Å². The lowest BCUT2D eigenvalue weighted by Gasteiger charge is -2.06. The quantitative estimate of drug-likeness (QED) is 0.694. The summed E-state index contributed by atoms with van der Waals surface area (Å²) in [6.45, 7) is 0. The van der Waals surface area contributed by atoms with Crippen molar-refractivity contribution in [2.45, 2.75) is 0 Å². The van der Waals surface area contributed by atoms with Gasteiger partial charge in [0.15, 0.2) is 0 Å². The van der Waals surface area contributed by atoms with Crippen LogP contribution in [0.25, 0.3) is 0 Å². The predicted octanol–water partition coefficient (Wildman–Crippen LogP) is 3.64. The Morgan fingerprint density at radius 2 is 1.85 bits per heavy atom. The van der Waals surface area contributed by atoms with Gasteiger partial charge in [0.25, 0.3) is 11.6 Å². The molecule has 0 atom stereocenters. The summed E-state index contributed by atoms with van der Waals surface area (Å²) in [6, 6.07) is 8.73. The molecule has 0 aliphatic rings. The van der Waals surface area contributed by atoms with Crippen molar-refractivity contribution in [1.29, 1.82) is 0 Å². The number of anilines is 1. The second-order valence-electron chi connectivity index (χ2n) is 3.88. The average molecular weight is 295 g/mol. The van der Waals surface area contributed by atoms with Crippen molar-refractivity contribution < 1.29 is 14.1 Å². The molecule has 0 aliphatic heterocycles. The van der Waals surface area contributed by atoms with Crippen molar-refractivity contribution in [1.82, 2.24) is 0 Å². The summed E-state index contributed by atoms with van der Waals surface area (Å²) >= 11 is 5.74. The SMILES string of the molecule is O=C(Nc1ccc(F)cc1)c1cc(Cl)ccc1[N+](=O)[O-]. The van der Waals surface area contributed by atoms with Gasteiger partial charge in [0.2, 0.25) is 0 Å². The van der Waals surface area contributed by atoms with E-state index in [0.29, 0.717) is 5.69 Å². The molecule has 2 aromatic carbocycles. The molecule has 2 rings (SSSR count). The summed E-state index contributed by atoms with van der Waals surface area (Å²) in [5.41, 5.74) is -0.188. The number of halogens is 2. The zero-order valence-corrected chi connectivity index (χ0v) is 10.7. The van der Waals surface area contributed by atoms with Crippen molar-refractivity contribution in [3.63, 3.8) is 0 Å². The summed E-state index contributed by atoms with van der Waals surface area (Å²) in [4.78, 5) is 22.2. The smallest absolute Gasteiger partial charge is 0.282 e. The molecule has 0 saturated carbocycles. The van der Waals surface area contributed by atoms with Crippen molar-refractivity contribution in [3.8, 4) is 0 Å². The number of amides is 1. The van der Waals surface area contributed by atoms with Crippen LogP contribution in [0, 0.1) is 15.9 Å². The number of nitro groups is 1. The van der Waals surface area contributed by atoms with E-state index in [1.54, 1.807) is 0 Å². The molecule has 1 N–H and O–H groups in total. The molecule has 0 aliphatic carbocycles. The van der Waals surface area contributed by atoms with E-state index >= 15 is 0 Å². The first-order valence-corrected chi connectivity index (χ1v) is 5.86. The normalized spacial score (nSPS) is 10.1. The lowest BCUT2D eigenvalue weighted by atomic mass is 10.1. The highest BCUT2D eigenvalue weighted by Gasteiger charge is 2.20. The molecule has 0 saturated heterocycles. The number of benzene rings is 2. The Morgan fingerprint density at radius 1 is 1.20 bits per heavy atom. The van der Waals surface area contributed by atoms with Crippen LogP contribution >= 0.6 is 11.6 Å². The van der Waals surface area contributed by atoms with Crippen LogP contribution in [-0.2, 0) is 0 Å². The van der Waals surface area contributed by atoms with Gasteiger partial charge >= 0.3 is 0 Å². The Hall–Kier alpha value is -2.47. The van der Waals surface area contributed by atoms with Gasteiger partial charge in [-0.3, -0.25) is 14.9 Å². The standard InChI is InChI=1S/C13H8ClFN2O3/c14-8-1-6-12(17(19)20)11(7-8)13(18)16-10-4-2-9(15)3-5-10/h1-7H,(H,16,18). The van der Waals surface area contributed by atoms with E-state index in [1.165, 1.54) is 36.4 Å². The zero-order valence-electron chi connectivity index (χ0n) is 9.97. The number of hydrogen-bond donors (Lipinski definition) is 1. The minimum atomic E-state index is -0.689. The molecule has 0 radical (unpaired) electrons. The Morgan fingerprint density at radius 3 is 2.45 bits per heavy atom. The maximum atomic E-state index is 12.8. The minimum Gasteiger partial charge on any atom is -0.322 e. The Labute approximate surface area is 118 Å². The van der Waals surface area contributed by atoms with Gasteiger partial charge in [0, 0.05) is 16.8 Å². The first-order valence-electron chi connectivity index (χ1n) is 5.48. The van der Waals surface area contributed by atoms with E-state index < -0.39 is 16.6 Å². The first kappa shape index (κ1) is 14.0. The third-order valence-corrected chi connectivity index (χ3v) is 2.74. The van der Waals surface area contributed by atoms with Crippen LogP contribution in [0.4, 0.5) is 15.8 Å². The molecule has 0 fully saturated rings. The van der Waals surface area contributed by atoms with E-state index in [4.69, 9.17) is 11.6 Å². The van der Waals surface area contributed by atoms with Crippen molar-refractivity contribution in [2.24, 2.45) is 0 Å². The molecule has 5 nitrogen and oxygen atoms in total. The Balaban J connectivity index is 2.31. The first-order chi connectivity index (χ1) is 9.47. The summed E-state index contributed by atoms with van der Waals surface area (Å²) in [7, 11) is 0. The highest BCUT2D eigenvalue weighted by Crippen LogP contribution is 2.23. The fourth-order valence-electron chi connectivity index (χ4n) is 1.58. The topological polar surface area (TPSA) is 72.2 Å². The molecule has 0 unspecified atom stereocenters. The maximum Gasteiger partial charge on any atom is 0.282 e. The van der Waals surface area contributed by atoms with Crippen molar-refractivity contribution in [3.05, 3.63) is 69.0 Å². The highest BCUT2D eigenvalue weighted by atomic mass is 35.5. The van der Waals surface area contributed by atoms with E-state index in [9.17, 15) is 19.3 Å². The van der Waals surface area contributed by atoms with Crippen LogP contribution in [0.1, 0.15) is 10.4 Å². The molecule has 0 spiro atoms. The van der Waals surface area contributed by atoms with Crippen LogP contribution in [0.15, 0.2) is 42.5 Å². The molecule has 0 aromatic heterocycles. The van der Waals surface area contributed by atoms with Gasteiger partial charge in [-0.05, 0) is 36.4 Å². The van der Waals surface area contributed by atoms with Crippen molar-refractivity contribution >= 4 is 28.9 Å². The van der Waals surface area contributed by atoms with E-state index in [0.717, 1.165) is 6.07 Å². The molecule has 0 heterocycles. The Kier molecular flexibility index (Phi) is 3.95. The van der Waals surface area contributed by atoms with Gasteiger partial charge in [0.1, 0.15) is 11.4 Å². The third-order valence-electron chi connectivity index (χ3n) is 2.50. The molecule has 7 heteroatoms. The lowest BCUT2D eigenvalue weighted by molar-refractivity contribution is -0.385. The summed E-state index contributed by atoms with van der Waals surface area (Å²) in [5.74, 6) is -1.14. The lowest BCUT2D eigenvalue weighted by Crippen LogP contribution is -2.14. The number of carbonyl (C=O) groups is 1. The second kappa shape index (κ2) is 5.66. The second-order valence-corrected chi connectivity index (χ2v) is 4.32. The van der Waals surface area contributed by atoms with Gasteiger partial charge in [0.05, 0.1) is 4.92 Å². The largest absolute Gasteiger partial charge is 0.322 e. The fourth-order valence-corrected chi connectivity index (χ4v) is 1.75. The zero-order chi connectivity index (χ0) is 14.7. The van der Waals surface area contributed by atoms with Crippen LogP contribution in [0.3, 0.4) is 0 Å². The van der Waals surface area contributed by atoms with Gasteiger partial charge in [-0.1, -0.05) is 11.6 Å². The Bertz CT molecular complexity index is 674. The molecular weight excluding hydrogens is 287 g/mol. The number of nitrogens with zero attached hydrogens (tertiary/aromatic N) is 1. The number of carbonyl (C=O) groups excluding carboxylic acids is 1. The number of nitrogens with one attached hydrogen (secondary N) is 1. The molecular formula is C13H8ClFN2O3. The van der Waals surface area contributed by atoms with E-state index in [1.807, 2.05) is 0 Å². The maximum absolute atomic E-state index is 12.8. The van der Waals surface area contributed by atoms with Gasteiger partial charge < -0.3 is 5.32 Å². The van der Waals surface area contributed by atoms with Gasteiger partial charge in [-0.25, -0.2) is 4.39 Å². The molecule has 0 bridgehead atoms. The van der Waals surface area contributed by atoms with Gasteiger partial charge in [-0.2, -0.15) is 0 Å². The summed E-state index contributed by atoms with van der Waals surface area (Å²) in [6.07, 6.45) is 0. The third kappa shape index (κ3) is 3.10. The molecule has 102 valence electrons. The van der Waals surface area contributed by atoms with E-state index in [2.05, 4.69) is 5.32 Å². The van der Waals surface area contributed by atoms with Crippen LogP contribution < -0.4 is 5.32 Å². The van der Waals surface area contributed by atoms with Gasteiger partial charge in [-0.15, -0.1) is 0 Å². The predicted molar refractivity (Wildman–Crippen MR) is 72.5 cm³/mol. The number of rotatable bonds is 3. The van der Waals surface area contributed by atoms with Crippen molar-refractivity contribution in [2.75, 3.05) is 5.32 Å². The molecule has 2 aromatic rings. The summed E-state index contributed by atoms with van der Waals surface area (Å²) in [5, 5.41) is 13.5. The monoisotopic (exact) mass is 294 g/mol. The van der Waals surface area contributed by atoms with E-state index in [-0.39, 0.29) is 16.3 Å². The van der Waals surface area contributed by atoms with Crippen LogP contribution in [-0.4, -0.2) is 10.8 Å². The number of hydrogen-bond acceptors (Lipinski definition) is 3. The molecule has 20 heavy (non-hydrogen) atoms. The minimum absolute atomic E-state index is 0.160. The summed E-state index contributed by atoms with van der Waals surface area (Å²) < 4.78 is 12.8. The van der Waals surface area contributed by atoms with Crippen LogP contribution in [0.5, 0.6) is 0 Å². The fraction of sp³-hybridized carbons (Fsp3) is 0. The average Bonchev–Trinajstić information content (AvgIpc) is 2.41. The highest BCUT2D eigenvalue weighted by molar-refractivity contribution is 6.31.